The molecule has 6 heteroatoms. The van der Waals surface area contributed by atoms with Gasteiger partial charge in [-0.15, -0.1) is 0 Å². The van der Waals surface area contributed by atoms with Crippen molar-refractivity contribution in [3.63, 3.8) is 0 Å². The van der Waals surface area contributed by atoms with Crippen LogP contribution in [0, 0.1) is 0 Å². The fourth-order valence-corrected chi connectivity index (χ4v) is 3.78. The maximum Gasteiger partial charge on any atom is 0.142 e. The van der Waals surface area contributed by atoms with E-state index in [1.165, 1.54) is 11.3 Å². The molecule has 0 aliphatic carbocycles. The van der Waals surface area contributed by atoms with Crippen molar-refractivity contribution in [3.05, 3.63) is 32.3 Å². The molecule has 3 rings (SSSR count). The second-order valence-corrected chi connectivity index (χ2v) is 6.19. The van der Waals surface area contributed by atoms with E-state index in [1.807, 2.05) is 12.1 Å². The lowest BCUT2D eigenvalue weighted by Crippen LogP contribution is -2.23. The number of aromatic amines is 1. The minimum absolute atomic E-state index is 0.808. The molecule has 100 valence electrons. The predicted octanol–water partition coefficient (Wildman–Crippen LogP) is 3.26. The summed E-state index contributed by atoms with van der Waals surface area (Å²) in [4.78, 5) is 0. The highest BCUT2D eigenvalue weighted by Crippen LogP contribution is 2.40. The van der Waals surface area contributed by atoms with Gasteiger partial charge in [-0.3, -0.25) is 5.10 Å². The van der Waals surface area contributed by atoms with Crippen LogP contribution in [0.3, 0.4) is 0 Å². The summed E-state index contributed by atoms with van der Waals surface area (Å²) in [6, 6.07) is 4.01. The summed E-state index contributed by atoms with van der Waals surface area (Å²) in [6.07, 6.45) is 0.986. The average Bonchev–Trinajstić information content (AvgIpc) is 2.81. The molecule has 0 bridgehead atoms. The van der Waals surface area contributed by atoms with Crippen molar-refractivity contribution in [3.8, 4) is 17.0 Å². The van der Waals surface area contributed by atoms with Crippen LogP contribution in [0.15, 0.2) is 21.1 Å². The first-order valence-electron chi connectivity index (χ1n) is 6.01. The molecule has 0 saturated heterocycles. The molecule has 2 N–H and O–H groups in total. The number of hydrogen-bond acceptors (Lipinski definition) is 3. The third-order valence-electron chi connectivity index (χ3n) is 3.27. The van der Waals surface area contributed by atoms with Crippen LogP contribution < -0.4 is 10.1 Å². The largest absolute Gasteiger partial charge is 0.495 e. The van der Waals surface area contributed by atoms with Crippen molar-refractivity contribution >= 4 is 31.9 Å². The summed E-state index contributed by atoms with van der Waals surface area (Å²) in [5, 5.41) is 11.0. The minimum atomic E-state index is 0.808. The van der Waals surface area contributed by atoms with Crippen LogP contribution in [0.4, 0.5) is 0 Å². The molecular formula is C13H13Br2N3O. The standard InChI is InChI=1S/C13H13Br2N3O/c1-19-13-8(4-7(14)5-10(13)15)12-9-6-16-3-2-11(9)17-18-12/h4-5,16H,2-3,6H2,1H3,(H,17,18). The molecule has 2 aromatic rings. The summed E-state index contributed by atoms with van der Waals surface area (Å²) in [7, 11) is 1.68. The first-order chi connectivity index (χ1) is 9.20. The van der Waals surface area contributed by atoms with Crippen LogP contribution in [0.1, 0.15) is 11.3 Å². The first-order valence-corrected chi connectivity index (χ1v) is 7.59. The lowest BCUT2D eigenvalue weighted by Gasteiger charge is -2.15. The Morgan fingerprint density at radius 2 is 2.16 bits per heavy atom. The molecule has 1 aliphatic heterocycles. The van der Waals surface area contributed by atoms with Gasteiger partial charge in [-0.1, -0.05) is 15.9 Å². The second-order valence-electron chi connectivity index (χ2n) is 4.42. The summed E-state index contributed by atoms with van der Waals surface area (Å²) in [6.45, 7) is 1.84. The van der Waals surface area contributed by atoms with E-state index in [9.17, 15) is 0 Å². The van der Waals surface area contributed by atoms with Gasteiger partial charge in [-0.25, -0.2) is 0 Å². The van der Waals surface area contributed by atoms with Crippen LogP contribution in [0.2, 0.25) is 0 Å². The Balaban J connectivity index is 2.19. The fourth-order valence-electron chi connectivity index (χ4n) is 2.39. The molecule has 19 heavy (non-hydrogen) atoms. The van der Waals surface area contributed by atoms with Crippen molar-refractivity contribution in [2.24, 2.45) is 0 Å². The topological polar surface area (TPSA) is 49.9 Å². The van der Waals surface area contributed by atoms with Crippen molar-refractivity contribution < 1.29 is 4.74 Å². The van der Waals surface area contributed by atoms with Crippen molar-refractivity contribution in [2.75, 3.05) is 13.7 Å². The summed E-state index contributed by atoms with van der Waals surface area (Å²) in [5.41, 5.74) is 4.40. The molecule has 0 unspecified atom stereocenters. The number of methoxy groups -OCH3 is 1. The van der Waals surface area contributed by atoms with E-state index in [1.54, 1.807) is 7.11 Å². The molecule has 0 amide bonds. The van der Waals surface area contributed by atoms with Crippen molar-refractivity contribution in [1.82, 2.24) is 15.5 Å². The maximum atomic E-state index is 5.50. The Bertz CT molecular complexity index is 625. The van der Waals surface area contributed by atoms with E-state index in [2.05, 4.69) is 47.4 Å². The average molecular weight is 387 g/mol. The Hall–Kier alpha value is -0.850. The number of fused-ring (bicyclic) bond motifs is 1. The smallest absolute Gasteiger partial charge is 0.142 e. The van der Waals surface area contributed by atoms with Crippen LogP contribution in [0.5, 0.6) is 5.75 Å². The molecule has 1 aliphatic rings. The Morgan fingerprint density at radius 1 is 1.32 bits per heavy atom. The number of rotatable bonds is 2. The first kappa shape index (κ1) is 13.1. The second kappa shape index (κ2) is 5.26. The van der Waals surface area contributed by atoms with Gasteiger partial charge < -0.3 is 10.1 Å². The van der Waals surface area contributed by atoms with Crippen LogP contribution >= 0.6 is 31.9 Å². The van der Waals surface area contributed by atoms with Gasteiger partial charge >= 0.3 is 0 Å². The third-order valence-corrected chi connectivity index (χ3v) is 4.32. The van der Waals surface area contributed by atoms with Gasteiger partial charge in [-0.2, -0.15) is 5.10 Å². The molecule has 0 radical (unpaired) electrons. The lowest BCUT2D eigenvalue weighted by molar-refractivity contribution is 0.413. The van der Waals surface area contributed by atoms with Gasteiger partial charge in [0.15, 0.2) is 0 Å². The SMILES string of the molecule is COc1c(Br)cc(Br)cc1-c1n[nH]c2c1CNCC2. The van der Waals surface area contributed by atoms with Crippen molar-refractivity contribution in [1.29, 1.82) is 0 Å². The third kappa shape index (κ3) is 2.32. The molecule has 2 heterocycles. The van der Waals surface area contributed by atoms with E-state index in [0.717, 1.165) is 45.5 Å². The van der Waals surface area contributed by atoms with E-state index in [4.69, 9.17) is 4.74 Å². The van der Waals surface area contributed by atoms with Crippen molar-refractivity contribution in [2.45, 2.75) is 13.0 Å². The Kier molecular flexibility index (Phi) is 3.64. The Labute approximate surface area is 128 Å². The van der Waals surface area contributed by atoms with E-state index < -0.39 is 0 Å². The number of benzene rings is 1. The fraction of sp³-hybridized carbons (Fsp3) is 0.308. The maximum absolute atomic E-state index is 5.50. The van der Waals surface area contributed by atoms with Gasteiger partial charge in [0, 0.05) is 40.8 Å². The quantitative estimate of drug-likeness (QED) is 0.832. The van der Waals surface area contributed by atoms with Crippen LogP contribution in [0.25, 0.3) is 11.3 Å². The summed E-state index contributed by atoms with van der Waals surface area (Å²) >= 11 is 7.05. The minimum Gasteiger partial charge on any atom is -0.495 e. The summed E-state index contributed by atoms with van der Waals surface area (Å²) in [5.74, 6) is 0.808. The molecule has 0 saturated carbocycles. The zero-order chi connectivity index (χ0) is 13.4. The number of H-pyrrole nitrogens is 1. The molecule has 0 fully saturated rings. The molecule has 0 spiro atoms. The number of nitrogens with zero attached hydrogens (tertiary/aromatic N) is 1. The van der Waals surface area contributed by atoms with Crippen LogP contribution in [-0.2, 0) is 13.0 Å². The number of hydrogen-bond donors (Lipinski definition) is 2. The highest BCUT2D eigenvalue weighted by atomic mass is 79.9. The molecule has 1 aromatic carbocycles. The van der Waals surface area contributed by atoms with E-state index >= 15 is 0 Å². The number of halogens is 2. The van der Waals surface area contributed by atoms with Gasteiger partial charge in [-0.05, 0) is 28.1 Å². The van der Waals surface area contributed by atoms with Gasteiger partial charge in [0.05, 0.1) is 11.6 Å². The zero-order valence-corrected chi connectivity index (χ0v) is 13.6. The normalized spacial score (nSPS) is 14.3. The highest BCUT2D eigenvalue weighted by Gasteiger charge is 2.21. The highest BCUT2D eigenvalue weighted by molar-refractivity contribution is 9.11. The van der Waals surface area contributed by atoms with Gasteiger partial charge in [0.25, 0.3) is 0 Å². The number of aromatic nitrogens is 2. The van der Waals surface area contributed by atoms with E-state index in [0.29, 0.717) is 0 Å². The molecule has 1 aromatic heterocycles. The molecule has 0 atom stereocenters. The zero-order valence-electron chi connectivity index (χ0n) is 10.4. The summed E-state index contributed by atoms with van der Waals surface area (Å²) < 4.78 is 7.42. The number of ether oxygens (including phenoxy) is 1. The Morgan fingerprint density at radius 3 is 2.95 bits per heavy atom. The van der Waals surface area contributed by atoms with Crippen LogP contribution in [-0.4, -0.2) is 23.9 Å². The number of nitrogens with one attached hydrogen (secondary N) is 2. The lowest BCUT2D eigenvalue weighted by atomic mass is 10.0. The van der Waals surface area contributed by atoms with Gasteiger partial charge in [0.1, 0.15) is 11.4 Å². The monoisotopic (exact) mass is 385 g/mol. The molecule has 4 nitrogen and oxygen atoms in total. The van der Waals surface area contributed by atoms with Gasteiger partial charge in [0.2, 0.25) is 0 Å². The predicted molar refractivity (Wildman–Crippen MR) is 81.4 cm³/mol. The molecular weight excluding hydrogens is 374 g/mol. The van der Waals surface area contributed by atoms with E-state index in [-0.39, 0.29) is 0 Å².